The molecular weight excluding hydrogens is 256 g/mol. The van der Waals surface area contributed by atoms with Gasteiger partial charge in [-0.05, 0) is 50.5 Å². The molecule has 108 valence electrons. The van der Waals surface area contributed by atoms with Crippen molar-refractivity contribution in [2.24, 2.45) is 5.41 Å². The number of carboxylic acids is 1. The molecule has 1 atom stereocenters. The summed E-state index contributed by atoms with van der Waals surface area (Å²) < 4.78 is 7.36. The Morgan fingerprint density at radius 2 is 2.25 bits per heavy atom. The lowest BCUT2D eigenvalue weighted by atomic mass is 9.56. The van der Waals surface area contributed by atoms with Crippen LogP contribution in [0.3, 0.4) is 0 Å². The molecule has 0 amide bonds. The van der Waals surface area contributed by atoms with Crippen LogP contribution in [0.2, 0.25) is 0 Å². The summed E-state index contributed by atoms with van der Waals surface area (Å²) in [5.74, 6) is -0.147. The van der Waals surface area contributed by atoms with Gasteiger partial charge in [0.1, 0.15) is 0 Å². The van der Waals surface area contributed by atoms with Gasteiger partial charge in [0.2, 0.25) is 0 Å². The fourth-order valence-corrected chi connectivity index (χ4v) is 4.09. The molecule has 20 heavy (non-hydrogen) atoms. The number of ether oxygens (including phenoxy) is 1. The molecule has 1 N–H and O–H groups in total. The van der Waals surface area contributed by atoms with Gasteiger partial charge in [-0.2, -0.15) is 5.10 Å². The third-order valence-electron chi connectivity index (χ3n) is 5.22. The van der Waals surface area contributed by atoms with Crippen molar-refractivity contribution in [1.82, 2.24) is 9.78 Å². The summed E-state index contributed by atoms with van der Waals surface area (Å²) in [4.78, 5) is 11.8. The molecule has 1 spiro atoms. The summed E-state index contributed by atoms with van der Waals surface area (Å²) in [6.45, 7) is 2.76. The van der Waals surface area contributed by atoms with Gasteiger partial charge >= 0.3 is 5.97 Å². The van der Waals surface area contributed by atoms with Gasteiger partial charge in [0, 0.05) is 11.6 Å². The van der Waals surface area contributed by atoms with E-state index < -0.39 is 11.5 Å². The zero-order chi connectivity index (χ0) is 14.0. The highest BCUT2D eigenvalue weighted by molar-refractivity contribution is 5.78. The van der Waals surface area contributed by atoms with Crippen LogP contribution in [0.1, 0.15) is 50.5 Å². The Morgan fingerprint density at radius 3 is 2.80 bits per heavy atom. The quantitative estimate of drug-likeness (QED) is 0.918. The molecule has 2 aliphatic carbocycles. The summed E-state index contributed by atoms with van der Waals surface area (Å²) >= 11 is 0. The number of aliphatic carboxylic acids is 1. The second-order valence-electron chi connectivity index (χ2n) is 7.01. The fourth-order valence-electron chi connectivity index (χ4n) is 4.09. The van der Waals surface area contributed by atoms with Gasteiger partial charge in [-0.3, -0.25) is 4.68 Å². The van der Waals surface area contributed by atoms with Gasteiger partial charge in [0.05, 0.1) is 18.9 Å². The third kappa shape index (κ3) is 1.65. The van der Waals surface area contributed by atoms with Gasteiger partial charge in [-0.1, -0.05) is 0 Å². The molecule has 0 bridgehead atoms. The van der Waals surface area contributed by atoms with Gasteiger partial charge in [0.25, 0.3) is 0 Å². The van der Waals surface area contributed by atoms with Crippen LogP contribution in [-0.4, -0.2) is 33.6 Å². The summed E-state index contributed by atoms with van der Waals surface area (Å²) in [5, 5.41) is 14.1. The molecule has 5 heteroatoms. The largest absolute Gasteiger partial charge is 0.479 e. The summed E-state index contributed by atoms with van der Waals surface area (Å²) in [6, 6.07) is 0. The van der Waals surface area contributed by atoms with Crippen molar-refractivity contribution in [2.45, 2.75) is 56.6 Å². The van der Waals surface area contributed by atoms with E-state index in [1.807, 2.05) is 12.4 Å². The van der Waals surface area contributed by atoms with Crippen LogP contribution in [0.5, 0.6) is 0 Å². The van der Waals surface area contributed by atoms with E-state index in [0.717, 1.165) is 6.42 Å². The van der Waals surface area contributed by atoms with E-state index in [1.165, 1.54) is 18.4 Å². The number of hydrogen-bond donors (Lipinski definition) is 1. The molecule has 0 radical (unpaired) electrons. The minimum atomic E-state index is -0.847. The summed E-state index contributed by atoms with van der Waals surface area (Å²) in [5.41, 5.74) is 0.409. The molecule has 2 heterocycles. The van der Waals surface area contributed by atoms with E-state index in [1.54, 1.807) is 4.68 Å². The lowest BCUT2D eigenvalue weighted by Crippen LogP contribution is -2.58. The van der Waals surface area contributed by atoms with Crippen molar-refractivity contribution >= 4 is 5.97 Å². The molecule has 3 fully saturated rings. The zero-order valence-corrected chi connectivity index (χ0v) is 11.7. The molecule has 1 aliphatic heterocycles. The number of aromatic nitrogens is 2. The Balaban J connectivity index is 1.60. The van der Waals surface area contributed by atoms with Crippen molar-refractivity contribution < 1.29 is 14.6 Å². The Bertz CT molecular complexity index is 555. The average Bonchev–Trinajstić information content (AvgIpc) is 2.96. The SMILES string of the molecule is CC1CC2(CO1)CC(C(=O)O)(n1cc(C3CC3)cn1)C2. The molecule has 5 nitrogen and oxygen atoms in total. The average molecular weight is 276 g/mol. The second-order valence-corrected chi connectivity index (χ2v) is 7.01. The predicted molar refractivity (Wildman–Crippen MR) is 71.5 cm³/mol. The van der Waals surface area contributed by atoms with E-state index in [2.05, 4.69) is 12.0 Å². The minimum absolute atomic E-state index is 0.0590. The smallest absolute Gasteiger partial charge is 0.331 e. The summed E-state index contributed by atoms with van der Waals surface area (Å²) in [6.07, 6.45) is 8.73. The van der Waals surface area contributed by atoms with E-state index >= 15 is 0 Å². The van der Waals surface area contributed by atoms with E-state index in [-0.39, 0.29) is 11.5 Å². The van der Waals surface area contributed by atoms with Gasteiger partial charge in [-0.15, -0.1) is 0 Å². The first-order valence-electron chi connectivity index (χ1n) is 7.43. The highest BCUT2D eigenvalue weighted by Crippen LogP contribution is 2.58. The Labute approximate surface area is 117 Å². The molecule has 0 aromatic carbocycles. The highest BCUT2D eigenvalue weighted by Gasteiger charge is 2.63. The Kier molecular flexibility index (Phi) is 2.38. The van der Waals surface area contributed by atoms with Crippen molar-refractivity contribution in [1.29, 1.82) is 0 Å². The first kappa shape index (κ1) is 12.4. The third-order valence-corrected chi connectivity index (χ3v) is 5.22. The standard InChI is InChI=1S/C15H20N2O3/c1-10-4-14(9-20-10)7-15(8-14,13(18)19)17-6-12(5-16-17)11-2-3-11/h5-6,10-11H,2-4,7-9H2,1H3,(H,18,19). The topological polar surface area (TPSA) is 64.3 Å². The van der Waals surface area contributed by atoms with Crippen molar-refractivity contribution in [3.05, 3.63) is 18.0 Å². The molecular formula is C15H20N2O3. The zero-order valence-electron chi connectivity index (χ0n) is 11.7. The van der Waals surface area contributed by atoms with E-state index in [4.69, 9.17) is 4.74 Å². The second kappa shape index (κ2) is 3.85. The molecule has 3 aliphatic rings. The summed E-state index contributed by atoms with van der Waals surface area (Å²) in [7, 11) is 0. The minimum Gasteiger partial charge on any atom is -0.479 e. The lowest BCUT2D eigenvalue weighted by Gasteiger charge is -2.51. The highest BCUT2D eigenvalue weighted by atomic mass is 16.5. The maximum Gasteiger partial charge on any atom is 0.331 e. The number of carboxylic acid groups (broad SMARTS) is 1. The molecule has 2 saturated carbocycles. The number of rotatable bonds is 3. The lowest BCUT2D eigenvalue weighted by molar-refractivity contribution is -0.164. The van der Waals surface area contributed by atoms with E-state index in [0.29, 0.717) is 25.4 Å². The van der Waals surface area contributed by atoms with Crippen LogP contribution in [0, 0.1) is 5.41 Å². The van der Waals surface area contributed by atoms with Crippen molar-refractivity contribution in [3.63, 3.8) is 0 Å². The van der Waals surface area contributed by atoms with Gasteiger partial charge in [0.15, 0.2) is 5.54 Å². The first-order valence-corrected chi connectivity index (χ1v) is 7.43. The molecule has 1 aromatic rings. The number of carbonyl (C=O) groups is 1. The molecule has 4 rings (SSSR count). The van der Waals surface area contributed by atoms with Crippen LogP contribution in [0.25, 0.3) is 0 Å². The fraction of sp³-hybridized carbons (Fsp3) is 0.733. The van der Waals surface area contributed by atoms with Gasteiger partial charge < -0.3 is 9.84 Å². The van der Waals surface area contributed by atoms with Crippen LogP contribution in [0.15, 0.2) is 12.4 Å². The van der Waals surface area contributed by atoms with E-state index in [9.17, 15) is 9.90 Å². The first-order chi connectivity index (χ1) is 9.53. The van der Waals surface area contributed by atoms with Crippen molar-refractivity contribution in [3.8, 4) is 0 Å². The Morgan fingerprint density at radius 1 is 1.50 bits per heavy atom. The maximum absolute atomic E-state index is 11.8. The predicted octanol–water partition coefficient (Wildman–Crippen LogP) is 2.13. The number of hydrogen-bond acceptors (Lipinski definition) is 3. The van der Waals surface area contributed by atoms with Gasteiger partial charge in [-0.25, -0.2) is 4.79 Å². The van der Waals surface area contributed by atoms with Crippen LogP contribution in [0.4, 0.5) is 0 Å². The normalized spacial score (nSPS) is 40.0. The number of nitrogens with zero attached hydrogens (tertiary/aromatic N) is 2. The van der Waals surface area contributed by atoms with Crippen LogP contribution in [-0.2, 0) is 15.1 Å². The van der Waals surface area contributed by atoms with Crippen molar-refractivity contribution in [2.75, 3.05) is 6.61 Å². The Hall–Kier alpha value is -1.36. The van der Waals surface area contributed by atoms with Crippen LogP contribution >= 0.6 is 0 Å². The maximum atomic E-state index is 11.8. The monoisotopic (exact) mass is 276 g/mol. The molecule has 1 aromatic heterocycles. The molecule has 1 saturated heterocycles. The molecule has 1 unspecified atom stereocenters. The van der Waals surface area contributed by atoms with Crippen LogP contribution < -0.4 is 0 Å².